The number of hydrogen-bond acceptors (Lipinski definition) is 3. The van der Waals surface area contributed by atoms with Crippen molar-refractivity contribution in [1.82, 2.24) is 9.78 Å². The Morgan fingerprint density at radius 3 is 2.48 bits per heavy atom. The van der Waals surface area contributed by atoms with Crippen molar-refractivity contribution in [3.05, 3.63) is 52.3 Å². The zero-order chi connectivity index (χ0) is 15.1. The molecule has 2 aromatic heterocycles. The van der Waals surface area contributed by atoms with Crippen molar-refractivity contribution in [3.8, 4) is 16.3 Å². The minimum atomic E-state index is -1.26. The van der Waals surface area contributed by atoms with Crippen molar-refractivity contribution >= 4 is 28.6 Å². The van der Waals surface area contributed by atoms with Gasteiger partial charge in [0.1, 0.15) is 11.4 Å². The van der Waals surface area contributed by atoms with E-state index in [1.54, 1.807) is 12.1 Å². The number of benzene rings is 1. The van der Waals surface area contributed by atoms with E-state index in [0.29, 0.717) is 21.0 Å². The molecule has 0 saturated carbocycles. The van der Waals surface area contributed by atoms with Gasteiger partial charge in [-0.05, 0) is 12.1 Å². The summed E-state index contributed by atoms with van der Waals surface area (Å²) >= 11 is 7.10. The van der Waals surface area contributed by atoms with E-state index in [1.165, 1.54) is 17.5 Å². The SMILES string of the molecule is Nc1cn(-c2cc(F)c(F)cc2F)nc1-c1ccc(Cl)s1. The smallest absolute Gasteiger partial charge is 0.161 e. The third-order valence-corrected chi connectivity index (χ3v) is 4.02. The van der Waals surface area contributed by atoms with Gasteiger partial charge < -0.3 is 5.73 Å². The van der Waals surface area contributed by atoms with E-state index in [4.69, 9.17) is 17.3 Å². The van der Waals surface area contributed by atoms with Crippen molar-refractivity contribution in [2.24, 2.45) is 0 Å². The number of halogens is 4. The Bertz CT molecular complexity index is 828. The lowest BCUT2D eigenvalue weighted by Gasteiger charge is -2.03. The van der Waals surface area contributed by atoms with Gasteiger partial charge in [0.2, 0.25) is 0 Å². The summed E-state index contributed by atoms with van der Waals surface area (Å²) in [7, 11) is 0. The average molecular weight is 330 g/mol. The lowest BCUT2D eigenvalue weighted by atomic mass is 10.3. The zero-order valence-corrected chi connectivity index (χ0v) is 11.9. The number of nitrogen functional groups attached to an aromatic ring is 1. The largest absolute Gasteiger partial charge is 0.396 e. The fourth-order valence-electron chi connectivity index (χ4n) is 1.83. The third kappa shape index (κ3) is 2.50. The molecule has 0 spiro atoms. The van der Waals surface area contributed by atoms with Crippen LogP contribution < -0.4 is 5.73 Å². The molecule has 0 aliphatic rings. The normalized spacial score (nSPS) is 11.0. The maximum Gasteiger partial charge on any atom is 0.161 e. The van der Waals surface area contributed by atoms with Crippen LogP contribution in [0.15, 0.2) is 30.5 Å². The minimum Gasteiger partial charge on any atom is -0.396 e. The van der Waals surface area contributed by atoms with E-state index in [2.05, 4.69) is 5.10 Å². The summed E-state index contributed by atoms with van der Waals surface area (Å²) in [5, 5.41) is 4.11. The predicted molar refractivity (Wildman–Crippen MR) is 76.2 cm³/mol. The lowest BCUT2D eigenvalue weighted by Crippen LogP contribution is -2.01. The van der Waals surface area contributed by atoms with Gasteiger partial charge in [-0.25, -0.2) is 17.9 Å². The van der Waals surface area contributed by atoms with Crippen LogP contribution in [0.25, 0.3) is 16.3 Å². The first-order chi connectivity index (χ1) is 9.95. The lowest BCUT2D eigenvalue weighted by molar-refractivity contribution is 0.491. The average Bonchev–Trinajstić information content (AvgIpc) is 3.00. The summed E-state index contributed by atoms with van der Waals surface area (Å²) in [5.74, 6) is -3.37. The molecule has 1 aromatic carbocycles. The van der Waals surface area contributed by atoms with Gasteiger partial charge in [-0.15, -0.1) is 11.3 Å². The van der Waals surface area contributed by atoms with Crippen molar-refractivity contribution in [2.75, 3.05) is 5.73 Å². The Kier molecular flexibility index (Phi) is 3.38. The third-order valence-electron chi connectivity index (χ3n) is 2.79. The first-order valence-electron chi connectivity index (χ1n) is 5.71. The van der Waals surface area contributed by atoms with Gasteiger partial charge in [0.25, 0.3) is 0 Å². The quantitative estimate of drug-likeness (QED) is 0.714. The molecule has 3 aromatic rings. The van der Waals surface area contributed by atoms with Gasteiger partial charge in [0.05, 0.1) is 21.1 Å². The topological polar surface area (TPSA) is 43.8 Å². The first-order valence-corrected chi connectivity index (χ1v) is 6.91. The van der Waals surface area contributed by atoms with Crippen LogP contribution in [0.1, 0.15) is 0 Å². The van der Waals surface area contributed by atoms with Gasteiger partial charge in [-0.3, -0.25) is 0 Å². The highest BCUT2D eigenvalue weighted by Crippen LogP contribution is 2.34. The van der Waals surface area contributed by atoms with Crippen LogP contribution in [0.2, 0.25) is 4.34 Å². The van der Waals surface area contributed by atoms with Crippen LogP contribution in [0.5, 0.6) is 0 Å². The summed E-state index contributed by atoms with van der Waals surface area (Å²) in [6.07, 6.45) is 1.33. The molecule has 0 radical (unpaired) electrons. The molecule has 0 fully saturated rings. The van der Waals surface area contributed by atoms with Crippen LogP contribution in [-0.2, 0) is 0 Å². The maximum absolute atomic E-state index is 13.7. The zero-order valence-electron chi connectivity index (χ0n) is 10.3. The Morgan fingerprint density at radius 1 is 1.10 bits per heavy atom. The van der Waals surface area contributed by atoms with Crippen LogP contribution in [0.4, 0.5) is 18.9 Å². The van der Waals surface area contributed by atoms with E-state index in [1.807, 2.05) is 0 Å². The van der Waals surface area contributed by atoms with Crippen molar-refractivity contribution in [3.63, 3.8) is 0 Å². The number of thiophene rings is 1. The molecule has 0 aliphatic heterocycles. The van der Waals surface area contributed by atoms with Crippen molar-refractivity contribution < 1.29 is 13.2 Å². The molecule has 0 atom stereocenters. The molecule has 2 N–H and O–H groups in total. The van der Waals surface area contributed by atoms with Crippen LogP contribution in [0.3, 0.4) is 0 Å². The summed E-state index contributed by atoms with van der Waals surface area (Å²) in [5.41, 5.74) is 6.28. The van der Waals surface area contributed by atoms with Crippen LogP contribution >= 0.6 is 22.9 Å². The molecule has 3 rings (SSSR count). The highest BCUT2D eigenvalue weighted by atomic mass is 35.5. The summed E-state index contributed by atoms with van der Waals surface area (Å²) in [6.45, 7) is 0. The van der Waals surface area contributed by atoms with Crippen molar-refractivity contribution in [1.29, 1.82) is 0 Å². The second kappa shape index (κ2) is 5.09. The molecule has 21 heavy (non-hydrogen) atoms. The molecule has 0 saturated heterocycles. The Morgan fingerprint density at radius 2 is 1.81 bits per heavy atom. The summed E-state index contributed by atoms with van der Waals surface area (Å²) in [4.78, 5) is 0.694. The predicted octanol–water partition coefficient (Wildman–Crippen LogP) is 4.25. The Labute approximate surface area is 126 Å². The minimum absolute atomic E-state index is 0.227. The molecule has 0 bridgehead atoms. The highest BCUT2D eigenvalue weighted by molar-refractivity contribution is 7.19. The van der Waals surface area contributed by atoms with Gasteiger partial charge >= 0.3 is 0 Å². The Balaban J connectivity index is 2.11. The van der Waals surface area contributed by atoms with E-state index in [0.717, 1.165) is 10.7 Å². The van der Waals surface area contributed by atoms with E-state index in [-0.39, 0.29) is 11.4 Å². The molecular weight excluding hydrogens is 323 g/mol. The standard InChI is InChI=1S/C13H7ClF3N3S/c14-12-2-1-11(21-12)13-9(18)5-20(19-13)10-4-7(16)6(15)3-8(10)17/h1-5H,18H2. The van der Waals surface area contributed by atoms with Gasteiger partial charge in [-0.2, -0.15) is 5.10 Å². The monoisotopic (exact) mass is 329 g/mol. The first kappa shape index (κ1) is 14.0. The Hall–Kier alpha value is -1.99. The van der Waals surface area contributed by atoms with Crippen LogP contribution in [-0.4, -0.2) is 9.78 Å². The number of anilines is 1. The molecule has 0 aliphatic carbocycles. The molecule has 0 amide bonds. The fourth-order valence-corrected chi connectivity index (χ4v) is 2.88. The molecule has 0 unspecified atom stereocenters. The maximum atomic E-state index is 13.7. The van der Waals surface area contributed by atoms with Crippen molar-refractivity contribution in [2.45, 2.75) is 0 Å². The number of hydrogen-bond donors (Lipinski definition) is 1. The van der Waals surface area contributed by atoms with Gasteiger partial charge in [0, 0.05) is 12.1 Å². The van der Waals surface area contributed by atoms with E-state index >= 15 is 0 Å². The highest BCUT2D eigenvalue weighted by Gasteiger charge is 2.16. The van der Waals surface area contributed by atoms with Gasteiger partial charge in [0.15, 0.2) is 17.5 Å². The number of nitrogens with zero attached hydrogens (tertiary/aromatic N) is 2. The molecule has 8 heteroatoms. The second-order valence-corrected chi connectivity index (χ2v) is 5.91. The molecule has 108 valence electrons. The van der Waals surface area contributed by atoms with Crippen LogP contribution in [0, 0.1) is 17.5 Å². The van der Waals surface area contributed by atoms with E-state index in [9.17, 15) is 13.2 Å². The number of rotatable bonds is 2. The van der Waals surface area contributed by atoms with E-state index < -0.39 is 17.5 Å². The van der Waals surface area contributed by atoms with Gasteiger partial charge in [-0.1, -0.05) is 11.6 Å². The molecule has 3 nitrogen and oxygen atoms in total. The molecular formula is C13H7ClF3N3S. The second-order valence-electron chi connectivity index (χ2n) is 4.20. The number of nitrogens with two attached hydrogens (primary N) is 1. The summed E-state index contributed by atoms with van der Waals surface area (Å²) in [6, 6.07) is 4.59. The molecule has 2 heterocycles. The fraction of sp³-hybridized carbons (Fsp3) is 0. The number of aromatic nitrogens is 2. The summed E-state index contributed by atoms with van der Waals surface area (Å²) < 4.78 is 41.6.